The Morgan fingerprint density at radius 3 is 2.53 bits per heavy atom. The highest BCUT2D eigenvalue weighted by molar-refractivity contribution is 7.91. The van der Waals surface area contributed by atoms with E-state index in [-0.39, 0.29) is 6.61 Å². The Morgan fingerprint density at radius 2 is 2.00 bits per heavy atom. The molecule has 2 rings (SSSR count). The van der Waals surface area contributed by atoms with Crippen molar-refractivity contribution < 1.29 is 13.5 Å². The fourth-order valence-electron chi connectivity index (χ4n) is 2.95. The summed E-state index contributed by atoms with van der Waals surface area (Å²) in [4.78, 5) is 0. The molecule has 0 heterocycles. The monoisotopic (exact) mass is 283 g/mol. The first-order valence-corrected chi connectivity index (χ1v) is 8.47. The molecule has 0 amide bonds. The standard InChI is InChI=1S/C14H21NO3S/c1-11-5-7-12(8-6-11)15-14(10-16)9-3-4-13(14)19(2,17)18/h5-8,13,15-16H,3-4,9-10H2,1-2H3. The van der Waals surface area contributed by atoms with E-state index in [1.165, 1.54) is 6.26 Å². The maximum absolute atomic E-state index is 11.9. The van der Waals surface area contributed by atoms with Gasteiger partial charge in [-0.1, -0.05) is 17.7 Å². The molecule has 0 aliphatic heterocycles. The van der Waals surface area contributed by atoms with Gasteiger partial charge in [-0.25, -0.2) is 8.42 Å². The average molecular weight is 283 g/mol. The van der Waals surface area contributed by atoms with Gasteiger partial charge in [0.05, 0.1) is 17.4 Å². The zero-order valence-electron chi connectivity index (χ0n) is 11.4. The van der Waals surface area contributed by atoms with Crippen molar-refractivity contribution in [3.8, 4) is 0 Å². The lowest BCUT2D eigenvalue weighted by molar-refractivity contribution is 0.215. The Hall–Kier alpha value is -1.07. The molecule has 1 aliphatic carbocycles. The number of sulfone groups is 1. The van der Waals surface area contributed by atoms with Crippen LogP contribution in [-0.4, -0.2) is 37.2 Å². The first-order valence-electron chi connectivity index (χ1n) is 6.52. The summed E-state index contributed by atoms with van der Waals surface area (Å²) in [6.45, 7) is 1.83. The van der Waals surface area contributed by atoms with Gasteiger partial charge in [0.25, 0.3) is 0 Å². The SMILES string of the molecule is Cc1ccc(NC2(CO)CCCC2S(C)(=O)=O)cc1. The normalized spacial score (nSPS) is 27.4. The second kappa shape index (κ2) is 5.13. The molecular weight excluding hydrogens is 262 g/mol. The van der Waals surface area contributed by atoms with Crippen LogP contribution in [0, 0.1) is 6.92 Å². The molecule has 2 atom stereocenters. The lowest BCUT2D eigenvalue weighted by atomic mass is 9.97. The number of benzene rings is 1. The Bertz CT molecular complexity index is 538. The summed E-state index contributed by atoms with van der Waals surface area (Å²) < 4.78 is 23.8. The average Bonchev–Trinajstić information content (AvgIpc) is 2.76. The third-order valence-corrected chi connectivity index (χ3v) is 5.67. The van der Waals surface area contributed by atoms with Crippen molar-refractivity contribution in [3.05, 3.63) is 29.8 Å². The van der Waals surface area contributed by atoms with Gasteiger partial charge in [0, 0.05) is 11.9 Å². The molecule has 1 aromatic carbocycles. The first-order chi connectivity index (χ1) is 8.87. The van der Waals surface area contributed by atoms with Crippen LogP contribution in [0.5, 0.6) is 0 Å². The molecule has 0 bridgehead atoms. The maximum atomic E-state index is 11.9. The minimum atomic E-state index is -3.17. The van der Waals surface area contributed by atoms with Crippen LogP contribution in [-0.2, 0) is 9.84 Å². The van der Waals surface area contributed by atoms with E-state index >= 15 is 0 Å². The van der Waals surface area contributed by atoms with Crippen LogP contribution in [0.3, 0.4) is 0 Å². The second-order valence-electron chi connectivity index (χ2n) is 5.52. The predicted molar refractivity (Wildman–Crippen MR) is 77.1 cm³/mol. The number of aryl methyl sites for hydroxylation is 1. The van der Waals surface area contributed by atoms with E-state index in [4.69, 9.17) is 0 Å². The minimum absolute atomic E-state index is 0.168. The van der Waals surface area contributed by atoms with Gasteiger partial charge in [-0.05, 0) is 38.3 Å². The third-order valence-electron chi connectivity index (χ3n) is 3.95. The lowest BCUT2D eigenvalue weighted by Gasteiger charge is -2.34. The van der Waals surface area contributed by atoms with Crippen molar-refractivity contribution in [1.82, 2.24) is 0 Å². The van der Waals surface area contributed by atoms with Crippen LogP contribution in [0.2, 0.25) is 0 Å². The van der Waals surface area contributed by atoms with Crippen molar-refractivity contribution in [2.24, 2.45) is 0 Å². The number of nitrogens with one attached hydrogen (secondary N) is 1. The largest absolute Gasteiger partial charge is 0.394 e. The molecule has 5 heteroatoms. The number of anilines is 1. The summed E-state index contributed by atoms with van der Waals surface area (Å²) in [7, 11) is -3.17. The lowest BCUT2D eigenvalue weighted by Crippen LogP contribution is -2.51. The minimum Gasteiger partial charge on any atom is -0.394 e. The van der Waals surface area contributed by atoms with Crippen LogP contribution in [0.1, 0.15) is 24.8 Å². The second-order valence-corrected chi connectivity index (χ2v) is 7.74. The maximum Gasteiger partial charge on any atom is 0.152 e. The van der Waals surface area contributed by atoms with E-state index in [1.54, 1.807) is 0 Å². The fourth-order valence-corrected chi connectivity index (χ4v) is 4.62. The highest BCUT2D eigenvalue weighted by atomic mass is 32.2. The van der Waals surface area contributed by atoms with Crippen LogP contribution in [0.25, 0.3) is 0 Å². The Labute approximate surface area is 114 Å². The molecule has 0 aromatic heterocycles. The Morgan fingerprint density at radius 1 is 1.37 bits per heavy atom. The van der Waals surface area contributed by atoms with Crippen LogP contribution >= 0.6 is 0 Å². The molecule has 0 saturated heterocycles. The van der Waals surface area contributed by atoms with Crippen molar-refractivity contribution in [1.29, 1.82) is 0 Å². The van der Waals surface area contributed by atoms with Crippen molar-refractivity contribution in [2.45, 2.75) is 37.0 Å². The van der Waals surface area contributed by atoms with Crippen LogP contribution in [0.15, 0.2) is 24.3 Å². The number of aliphatic hydroxyl groups excluding tert-OH is 1. The van der Waals surface area contributed by atoms with Gasteiger partial charge >= 0.3 is 0 Å². The van der Waals surface area contributed by atoms with Crippen LogP contribution in [0.4, 0.5) is 5.69 Å². The molecule has 0 spiro atoms. The fraction of sp³-hybridized carbons (Fsp3) is 0.571. The zero-order valence-corrected chi connectivity index (χ0v) is 12.2. The van der Waals surface area contributed by atoms with E-state index in [9.17, 15) is 13.5 Å². The molecule has 2 unspecified atom stereocenters. The van der Waals surface area contributed by atoms with Gasteiger partial charge in [-0.3, -0.25) is 0 Å². The van der Waals surface area contributed by atoms with Crippen molar-refractivity contribution >= 4 is 15.5 Å². The zero-order chi connectivity index (χ0) is 14.1. The quantitative estimate of drug-likeness (QED) is 0.883. The van der Waals surface area contributed by atoms with Gasteiger partial charge in [0.1, 0.15) is 0 Å². The van der Waals surface area contributed by atoms with Gasteiger partial charge < -0.3 is 10.4 Å². The van der Waals surface area contributed by atoms with E-state index < -0.39 is 20.6 Å². The third kappa shape index (κ3) is 2.92. The number of aliphatic hydroxyl groups is 1. The van der Waals surface area contributed by atoms with E-state index in [2.05, 4.69) is 5.32 Å². The van der Waals surface area contributed by atoms with Gasteiger partial charge in [0.2, 0.25) is 0 Å². The van der Waals surface area contributed by atoms with E-state index in [0.717, 1.165) is 17.7 Å². The number of hydrogen-bond donors (Lipinski definition) is 2. The molecule has 1 aromatic rings. The highest BCUT2D eigenvalue weighted by Crippen LogP contribution is 2.37. The van der Waals surface area contributed by atoms with Gasteiger partial charge in [0.15, 0.2) is 9.84 Å². The van der Waals surface area contributed by atoms with Gasteiger partial charge in [-0.15, -0.1) is 0 Å². The molecule has 19 heavy (non-hydrogen) atoms. The summed E-state index contributed by atoms with van der Waals surface area (Å²) in [5.41, 5.74) is 1.26. The topological polar surface area (TPSA) is 66.4 Å². The Balaban J connectivity index is 2.30. The summed E-state index contributed by atoms with van der Waals surface area (Å²) in [6.07, 6.45) is 3.36. The Kier molecular flexibility index (Phi) is 3.87. The predicted octanol–water partition coefficient (Wildman–Crippen LogP) is 1.74. The van der Waals surface area contributed by atoms with E-state index in [1.807, 2.05) is 31.2 Å². The molecule has 1 aliphatic rings. The molecule has 2 N–H and O–H groups in total. The molecular formula is C14H21NO3S. The van der Waals surface area contributed by atoms with E-state index in [0.29, 0.717) is 12.8 Å². The molecule has 1 fully saturated rings. The van der Waals surface area contributed by atoms with Crippen molar-refractivity contribution in [3.63, 3.8) is 0 Å². The molecule has 1 saturated carbocycles. The summed E-state index contributed by atoms with van der Waals surface area (Å²) in [5, 5.41) is 12.5. The first kappa shape index (κ1) is 14.3. The summed E-state index contributed by atoms with van der Waals surface area (Å²) >= 11 is 0. The van der Waals surface area contributed by atoms with Gasteiger partial charge in [-0.2, -0.15) is 0 Å². The highest BCUT2D eigenvalue weighted by Gasteiger charge is 2.47. The number of hydrogen-bond acceptors (Lipinski definition) is 4. The molecule has 106 valence electrons. The number of rotatable bonds is 4. The summed E-state index contributed by atoms with van der Waals surface area (Å²) in [5.74, 6) is 0. The molecule has 4 nitrogen and oxygen atoms in total. The van der Waals surface area contributed by atoms with Crippen LogP contribution < -0.4 is 5.32 Å². The van der Waals surface area contributed by atoms with Crippen molar-refractivity contribution in [2.75, 3.05) is 18.2 Å². The smallest absolute Gasteiger partial charge is 0.152 e. The summed E-state index contributed by atoms with van der Waals surface area (Å²) in [6, 6.07) is 7.78. The molecule has 0 radical (unpaired) electrons.